The number of ether oxygens (including phenoxy) is 1. The third-order valence-electron chi connectivity index (χ3n) is 4.17. The summed E-state index contributed by atoms with van der Waals surface area (Å²) in [5, 5.41) is 6.47. The number of rotatable bonds is 6. The van der Waals surface area contributed by atoms with Crippen LogP contribution in [0.4, 0.5) is 5.69 Å². The van der Waals surface area contributed by atoms with Crippen molar-refractivity contribution in [1.29, 1.82) is 0 Å². The molecule has 0 bridgehead atoms. The zero-order chi connectivity index (χ0) is 22.4. The highest BCUT2D eigenvalue weighted by Crippen LogP contribution is 2.32. The van der Waals surface area contributed by atoms with Crippen LogP contribution in [0.25, 0.3) is 0 Å². The van der Waals surface area contributed by atoms with Crippen molar-refractivity contribution in [3.8, 4) is 5.75 Å². The van der Waals surface area contributed by atoms with Gasteiger partial charge in [0, 0.05) is 12.0 Å². The van der Waals surface area contributed by atoms with Gasteiger partial charge < -0.3 is 10.1 Å². The molecule has 0 radical (unpaired) electrons. The SMILES string of the molecule is O=C(NC(=S)Nc1cc(Cl)c(Cl)cc1Cl)c1ccc(OCCc2ccccc2)c(Br)c1. The van der Waals surface area contributed by atoms with E-state index in [-0.39, 0.29) is 11.0 Å². The average molecular weight is 559 g/mol. The van der Waals surface area contributed by atoms with E-state index in [1.807, 2.05) is 30.3 Å². The van der Waals surface area contributed by atoms with Gasteiger partial charge in [-0.1, -0.05) is 65.1 Å². The molecule has 160 valence electrons. The van der Waals surface area contributed by atoms with Gasteiger partial charge in [0.05, 0.1) is 31.8 Å². The van der Waals surface area contributed by atoms with Gasteiger partial charge >= 0.3 is 0 Å². The third-order valence-corrected chi connectivity index (χ3v) is 6.03. The van der Waals surface area contributed by atoms with E-state index in [1.54, 1.807) is 18.2 Å². The van der Waals surface area contributed by atoms with Crippen LogP contribution in [0.5, 0.6) is 5.75 Å². The molecular formula is C22H16BrCl3N2O2S. The largest absolute Gasteiger partial charge is 0.492 e. The van der Waals surface area contributed by atoms with Crippen LogP contribution in [0.3, 0.4) is 0 Å². The van der Waals surface area contributed by atoms with Crippen LogP contribution in [-0.4, -0.2) is 17.6 Å². The lowest BCUT2D eigenvalue weighted by molar-refractivity contribution is 0.0977. The number of thiocarbonyl (C=S) groups is 1. The van der Waals surface area contributed by atoms with Gasteiger partial charge in [0.15, 0.2) is 5.11 Å². The van der Waals surface area contributed by atoms with E-state index in [1.165, 1.54) is 17.7 Å². The van der Waals surface area contributed by atoms with Crippen LogP contribution in [-0.2, 0) is 6.42 Å². The molecule has 0 spiro atoms. The fourth-order valence-electron chi connectivity index (χ4n) is 2.63. The van der Waals surface area contributed by atoms with E-state index in [9.17, 15) is 4.79 Å². The second-order valence-electron chi connectivity index (χ2n) is 6.38. The maximum atomic E-state index is 12.5. The fourth-order valence-corrected chi connectivity index (χ4v) is 3.92. The summed E-state index contributed by atoms with van der Waals surface area (Å²) in [4.78, 5) is 12.5. The lowest BCUT2D eigenvalue weighted by Gasteiger charge is -2.13. The van der Waals surface area contributed by atoms with Crippen LogP contribution in [0, 0.1) is 0 Å². The molecule has 0 aliphatic rings. The number of halogens is 4. The van der Waals surface area contributed by atoms with E-state index in [0.717, 1.165) is 6.42 Å². The van der Waals surface area contributed by atoms with Crippen LogP contribution in [0.2, 0.25) is 15.1 Å². The van der Waals surface area contributed by atoms with Gasteiger partial charge in [-0.25, -0.2) is 0 Å². The van der Waals surface area contributed by atoms with Crippen molar-refractivity contribution in [3.05, 3.63) is 91.3 Å². The molecule has 0 heterocycles. The Kier molecular flexibility index (Phi) is 8.58. The van der Waals surface area contributed by atoms with Crippen molar-refractivity contribution in [2.45, 2.75) is 6.42 Å². The van der Waals surface area contributed by atoms with Gasteiger partial charge in [0.25, 0.3) is 5.91 Å². The maximum Gasteiger partial charge on any atom is 0.257 e. The summed E-state index contributed by atoms with van der Waals surface area (Å²) < 4.78 is 6.48. The molecule has 0 atom stereocenters. The molecule has 0 fully saturated rings. The van der Waals surface area contributed by atoms with Gasteiger partial charge in [0.2, 0.25) is 0 Å². The standard InChI is InChI=1S/C22H16BrCl3N2O2S/c23-15-10-14(6-7-20(15)30-9-8-13-4-2-1-3-5-13)21(29)28-22(31)27-19-12-17(25)16(24)11-18(19)26/h1-7,10-12H,8-9H2,(H2,27,28,29,31). The molecule has 1 amide bonds. The summed E-state index contributed by atoms with van der Waals surface area (Å²) in [7, 11) is 0. The summed E-state index contributed by atoms with van der Waals surface area (Å²) in [6.07, 6.45) is 0.784. The van der Waals surface area contributed by atoms with Crippen molar-refractivity contribution in [3.63, 3.8) is 0 Å². The molecule has 9 heteroatoms. The van der Waals surface area contributed by atoms with Crippen molar-refractivity contribution in [2.24, 2.45) is 0 Å². The first-order chi connectivity index (χ1) is 14.8. The van der Waals surface area contributed by atoms with Crippen LogP contribution in [0.1, 0.15) is 15.9 Å². The Labute approximate surface area is 209 Å². The number of anilines is 1. The van der Waals surface area contributed by atoms with Gasteiger partial charge in [0.1, 0.15) is 5.75 Å². The molecule has 0 saturated carbocycles. The molecular weight excluding hydrogens is 543 g/mol. The van der Waals surface area contributed by atoms with Crippen molar-refractivity contribution in [2.75, 3.05) is 11.9 Å². The normalized spacial score (nSPS) is 10.5. The second kappa shape index (κ2) is 11.2. The average Bonchev–Trinajstić information content (AvgIpc) is 2.73. The Morgan fingerprint density at radius 1 is 0.968 bits per heavy atom. The molecule has 0 unspecified atom stereocenters. The van der Waals surface area contributed by atoms with E-state index >= 15 is 0 Å². The number of hydrogen-bond donors (Lipinski definition) is 2. The number of amides is 1. The topological polar surface area (TPSA) is 50.4 Å². The second-order valence-corrected chi connectivity index (χ2v) is 8.87. The Morgan fingerprint density at radius 3 is 2.39 bits per heavy atom. The maximum absolute atomic E-state index is 12.5. The molecule has 3 aromatic rings. The molecule has 31 heavy (non-hydrogen) atoms. The number of carbonyl (C=O) groups is 1. The highest BCUT2D eigenvalue weighted by molar-refractivity contribution is 9.10. The van der Waals surface area contributed by atoms with Crippen molar-refractivity contribution >= 4 is 79.7 Å². The molecule has 2 N–H and O–H groups in total. The summed E-state index contributed by atoms with van der Waals surface area (Å²) in [6.45, 7) is 0.520. The van der Waals surface area contributed by atoms with Crippen LogP contribution < -0.4 is 15.4 Å². The number of carbonyl (C=O) groups excluding carboxylic acids is 1. The smallest absolute Gasteiger partial charge is 0.257 e. The third kappa shape index (κ3) is 6.82. The first-order valence-corrected chi connectivity index (χ1v) is 11.4. The zero-order valence-electron chi connectivity index (χ0n) is 15.9. The molecule has 0 saturated heterocycles. The molecule has 0 aliphatic heterocycles. The summed E-state index contributed by atoms with van der Waals surface area (Å²) in [6, 6.07) is 18.1. The first-order valence-electron chi connectivity index (χ1n) is 9.06. The van der Waals surface area contributed by atoms with Gasteiger partial charge in [-0.15, -0.1) is 0 Å². The lowest BCUT2D eigenvalue weighted by Crippen LogP contribution is -2.34. The van der Waals surface area contributed by atoms with Crippen molar-refractivity contribution in [1.82, 2.24) is 5.32 Å². The minimum atomic E-state index is -0.384. The molecule has 4 nitrogen and oxygen atoms in total. The molecule has 3 aromatic carbocycles. The molecule has 3 rings (SSSR count). The predicted octanol–water partition coefficient (Wildman–Crippen LogP) is 7.16. The molecule has 0 aromatic heterocycles. The fraction of sp³-hybridized carbons (Fsp3) is 0.0909. The summed E-state index contributed by atoms with van der Waals surface area (Å²) >= 11 is 26.7. The van der Waals surface area contributed by atoms with Crippen molar-refractivity contribution < 1.29 is 9.53 Å². The molecule has 0 aliphatic carbocycles. The number of hydrogen-bond acceptors (Lipinski definition) is 3. The van der Waals surface area contributed by atoms with E-state index in [2.05, 4.69) is 26.6 Å². The predicted molar refractivity (Wildman–Crippen MR) is 135 cm³/mol. The minimum Gasteiger partial charge on any atom is -0.492 e. The Bertz CT molecular complexity index is 1110. The zero-order valence-corrected chi connectivity index (χ0v) is 20.6. The van der Waals surface area contributed by atoms with Crippen LogP contribution in [0.15, 0.2) is 65.1 Å². The number of benzene rings is 3. The Balaban J connectivity index is 1.57. The van der Waals surface area contributed by atoms with E-state index < -0.39 is 0 Å². The first kappa shape index (κ1) is 23.8. The van der Waals surface area contributed by atoms with Gasteiger partial charge in [-0.2, -0.15) is 0 Å². The summed E-state index contributed by atoms with van der Waals surface area (Å²) in [5.74, 6) is 0.265. The highest BCUT2D eigenvalue weighted by Gasteiger charge is 2.13. The lowest BCUT2D eigenvalue weighted by atomic mass is 10.2. The van der Waals surface area contributed by atoms with Gasteiger partial charge in [-0.05, 0) is 64.0 Å². The van der Waals surface area contributed by atoms with Gasteiger partial charge in [-0.3, -0.25) is 10.1 Å². The Hall–Kier alpha value is -1.83. The minimum absolute atomic E-state index is 0.0737. The number of nitrogens with one attached hydrogen (secondary N) is 2. The van der Waals surface area contributed by atoms with E-state index in [0.29, 0.717) is 43.1 Å². The van der Waals surface area contributed by atoms with Crippen LogP contribution >= 0.6 is 63.0 Å². The summed E-state index contributed by atoms with van der Waals surface area (Å²) in [5.41, 5.74) is 2.04. The Morgan fingerprint density at radius 2 is 1.68 bits per heavy atom. The monoisotopic (exact) mass is 556 g/mol. The van der Waals surface area contributed by atoms with E-state index in [4.69, 9.17) is 51.8 Å². The quantitative estimate of drug-likeness (QED) is 0.249. The highest BCUT2D eigenvalue weighted by atomic mass is 79.9.